The van der Waals surface area contributed by atoms with Crippen LogP contribution in [0.3, 0.4) is 0 Å². The highest BCUT2D eigenvalue weighted by Crippen LogP contribution is 2.12. The summed E-state index contributed by atoms with van der Waals surface area (Å²) in [6.07, 6.45) is 0.966. The number of carbonyl (C=O) groups is 1. The summed E-state index contributed by atoms with van der Waals surface area (Å²) in [5, 5.41) is 6.30. The summed E-state index contributed by atoms with van der Waals surface area (Å²) >= 11 is 0. The molecule has 116 valence electrons. The van der Waals surface area contributed by atoms with Crippen molar-refractivity contribution in [1.82, 2.24) is 5.32 Å². The zero-order chi connectivity index (χ0) is 15.9. The fourth-order valence-electron chi connectivity index (χ4n) is 2.41. The van der Waals surface area contributed by atoms with Gasteiger partial charge in [-0.2, -0.15) is 0 Å². The summed E-state index contributed by atoms with van der Waals surface area (Å²) in [4.78, 5) is 12.2. The topological polar surface area (TPSA) is 41.1 Å². The van der Waals surface area contributed by atoms with Crippen molar-refractivity contribution in [1.29, 1.82) is 0 Å². The number of benzene rings is 2. The molecule has 0 fully saturated rings. The molecule has 3 nitrogen and oxygen atoms in total. The molecule has 0 aromatic heterocycles. The Morgan fingerprint density at radius 3 is 2.27 bits per heavy atom. The number of aryl methyl sites for hydroxylation is 1. The van der Waals surface area contributed by atoms with E-state index < -0.39 is 0 Å². The van der Waals surface area contributed by atoms with E-state index >= 15 is 0 Å². The summed E-state index contributed by atoms with van der Waals surface area (Å²) in [5.74, 6) is -0.0739. The van der Waals surface area contributed by atoms with Crippen LogP contribution in [0.25, 0.3) is 0 Å². The third-order valence-electron chi connectivity index (χ3n) is 3.62. The predicted octanol–water partition coefficient (Wildman–Crippen LogP) is 3.79. The second-order valence-corrected chi connectivity index (χ2v) is 5.68. The minimum atomic E-state index is -0.0739. The Morgan fingerprint density at radius 1 is 1.05 bits per heavy atom. The average Bonchev–Trinajstić information content (AvgIpc) is 2.50. The van der Waals surface area contributed by atoms with Gasteiger partial charge in [-0.3, -0.25) is 4.79 Å². The molecule has 2 aromatic carbocycles. The molecule has 0 radical (unpaired) electrons. The van der Waals surface area contributed by atoms with Gasteiger partial charge in [0, 0.05) is 17.3 Å². The Bertz CT molecular complexity index is 602. The van der Waals surface area contributed by atoms with E-state index in [4.69, 9.17) is 0 Å². The normalized spacial score (nSPS) is 12.0. The first-order valence-electron chi connectivity index (χ1n) is 7.79. The molecule has 1 atom stereocenters. The van der Waals surface area contributed by atoms with E-state index in [0.29, 0.717) is 11.6 Å². The SMILES string of the molecule is CCNC(C)Cc1ccc(C(=O)Nc2ccc(C)cc2)cc1. The monoisotopic (exact) mass is 296 g/mol. The van der Waals surface area contributed by atoms with Crippen molar-refractivity contribution in [2.75, 3.05) is 11.9 Å². The zero-order valence-electron chi connectivity index (χ0n) is 13.5. The fourth-order valence-corrected chi connectivity index (χ4v) is 2.41. The summed E-state index contributed by atoms with van der Waals surface area (Å²) in [7, 11) is 0. The van der Waals surface area contributed by atoms with E-state index in [1.54, 1.807) is 0 Å². The standard InChI is InChI=1S/C19H24N2O/c1-4-20-15(3)13-16-7-9-17(10-8-16)19(22)21-18-11-5-14(2)6-12-18/h5-12,15,20H,4,13H2,1-3H3,(H,21,22). The smallest absolute Gasteiger partial charge is 0.255 e. The van der Waals surface area contributed by atoms with Gasteiger partial charge in [0.05, 0.1) is 0 Å². The highest BCUT2D eigenvalue weighted by molar-refractivity contribution is 6.04. The van der Waals surface area contributed by atoms with Gasteiger partial charge in [-0.15, -0.1) is 0 Å². The fraction of sp³-hybridized carbons (Fsp3) is 0.316. The third-order valence-corrected chi connectivity index (χ3v) is 3.62. The third kappa shape index (κ3) is 4.71. The van der Waals surface area contributed by atoms with E-state index in [9.17, 15) is 4.79 Å². The van der Waals surface area contributed by atoms with Gasteiger partial charge in [-0.25, -0.2) is 0 Å². The molecule has 0 spiro atoms. The maximum absolute atomic E-state index is 12.2. The second kappa shape index (κ2) is 7.76. The Morgan fingerprint density at radius 2 is 1.68 bits per heavy atom. The van der Waals surface area contributed by atoms with E-state index in [-0.39, 0.29) is 5.91 Å². The molecule has 0 heterocycles. The van der Waals surface area contributed by atoms with Gasteiger partial charge in [0.1, 0.15) is 0 Å². The van der Waals surface area contributed by atoms with E-state index in [2.05, 4.69) is 24.5 Å². The van der Waals surface area contributed by atoms with Crippen molar-refractivity contribution in [2.45, 2.75) is 33.2 Å². The number of carbonyl (C=O) groups excluding carboxylic acids is 1. The summed E-state index contributed by atoms with van der Waals surface area (Å²) in [6.45, 7) is 7.27. The lowest BCUT2D eigenvalue weighted by Gasteiger charge is -2.12. The first-order valence-corrected chi connectivity index (χ1v) is 7.79. The van der Waals surface area contributed by atoms with Gasteiger partial charge in [0.25, 0.3) is 5.91 Å². The van der Waals surface area contributed by atoms with Crippen LogP contribution in [0.15, 0.2) is 48.5 Å². The molecule has 1 amide bonds. The van der Waals surface area contributed by atoms with Crippen LogP contribution in [0.4, 0.5) is 5.69 Å². The van der Waals surface area contributed by atoms with Crippen molar-refractivity contribution in [3.8, 4) is 0 Å². The van der Waals surface area contributed by atoms with E-state index in [1.165, 1.54) is 11.1 Å². The van der Waals surface area contributed by atoms with Gasteiger partial charge in [-0.1, -0.05) is 36.8 Å². The summed E-state index contributed by atoms with van der Waals surface area (Å²) < 4.78 is 0. The van der Waals surface area contributed by atoms with Gasteiger partial charge in [0.15, 0.2) is 0 Å². The van der Waals surface area contributed by atoms with Crippen LogP contribution in [0.2, 0.25) is 0 Å². The van der Waals surface area contributed by atoms with Crippen LogP contribution < -0.4 is 10.6 Å². The quantitative estimate of drug-likeness (QED) is 0.851. The Balaban J connectivity index is 1.97. The molecule has 3 heteroatoms. The summed E-state index contributed by atoms with van der Waals surface area (Å²) in [5.41, 5.74) is 3.92. The number of rotatable bonds is 6. The molecule has 22 heavy (non-hydrogen) atoms. The molecule has 0 saturated heterocycles. The lowest BCUT2D eigenvalue weighted by Crippen LogP contribution is -2.27. The number of nitrogens with one attached hydrogen (secondary N) is 2. The van der Waals surface area contributed by atoms with Crippen LogP contribution in [-0.2, 0) is 6.42 Å². The highest BCUT2D eigenvalue weighted by Gasteiger charge is 2.07. The number of hydrogen-bond donors (Lipinski definition) is 2. The largest absolute Gasteiger partial charge is 0.322 e. The summed E-state index contributed by atoms with van der Waals surface area (Å²) in [6, 6.07) is 16.1. The highest BCUT2D eigenvalue weighted by atomic mass is 16.1. The van der Waals surface area contributed by atoms with Gasteiger partial charge in [0.2, 0.25) is 0 Å². The van der Waals surface area contributed by atoms with Crippen LogP contribution >= 0.6 is 0 Å². The molecule has 0 saturated carbocycles. The molecular formula is C19H24N2O. The van der Waals surface area contributed by atoms with Crippen molar-refractivity contribution in [2.24, 2.45) is 0 Å². The second-order valence-electron chi connectivity index (χ2n) is 5.68. The molecule has 1 unspecified atom stereocenters. The molecule has 2 aromatic rings. The van der Waals surface area contributed by atoms with Crippen molar-refractivity contribution >= 4 is 11.6 Å². The van der Waals surface area contributed by atoms with E-state index in [0.717, 1.165) is 18.7 Å². The predicted molar refractivity (Wildman–Crippen MR) is 92.4 cm³/mol. The van der Waals surface area contributed by atoms with E-state index in [1.807, 2.05) is 55.5 Å². The number of anilines is 1. The number of amides is 1. The van der Waals surface area contributed by atoms with Crippen molar-refractivity contribution in [3.05, 3.63) is 65.2 Å². The van der Waals surface area contributed by atoms with Crippen LogP contribution in [-0.4, -0.2) is 18.5 Å². The molecule has 2 N–H and O–H groups in total. The van der Waals surface area contributed by atoms with Gasteiger partial charge in [-0.05, 0) is 56.6 Å². The molecule has 0 aliphatic rings. The Hall–Kier alpha value is -2.13. The van der Waals surface area contributed by atoms with Gasteiger partial charge >= 0.3 is 0 Å². The molecule has 0 bridgehead atoms. The van der Waals surface area contributed by atoms with Crippen LogP contribution in [0, 0.1) is 6.92 Å². The van der Waals surface area contributed by atoms with Crippen molar-refractivity contribution in [3.63, 3.8) is 0 Å². The maximum atomic E-state index is 12.2. The Labute approximate surface area is 132 Å². The maximum Gasteiger partial charge on any atom is 0.255 e. The minimum absolute atomic E-state index is 0.0739. The van der Waals surface area contributed by atoms with Crippen LogP contribution in [0.5, 0.6) is 0 Å². The number of likely N-dealkylation sites (N-methyl/N-ethyl adjacent to an activating group) is 1. The average molecular weight is 296 g/mol. The lowest BCUT2D eigenvalue weighted by molar-refractivity contribution is 0.102. The molecule has 0 aliphatic heterocycles. The minimum Gasteiger partial charge on any atom is -0.322 e. The first-order chi connectivity index (χ1) is 10.6. The molecule has 2 rings (SSSR count). The van der Waals surface area contributed by atoms with Crippen molar-refractivity contribution < 1.29 is 4.79 Å². The zero-order valence-corrected chi connectivity index (χ0v) is 13.5. The Kier molecular flexibility index (Phi) is 5.73. The molecular weight excluding hydrogens is 272 g/mol. The molecule has 0 aliphatic carbocycles. The van der Waals surface area contributed by atoms with Gasteiger partial charge < -0.3 is 10.6 Å². The first kappa shape index (κ1) is 16.2. The van der Waals surface area contributed by atoms with Crippen LogP contribution in [0.1, 0.15) is 35.3 Å². The number of hydrogen-bond acceptors (Lipinski definition) is 2. The lowest BCUT2D eigenvalue weighted by atomic mass is 10.0.